The second-order valence-electron chi connectivity index (χ2n) is 5.16. The number of amides is 1. The number of carbonyl (C=O) groups excluding carboxylic acids is 1. The van der Waals surface area contributed by atoms with Gasteiger partial charge in [0.1, 0.15) is 10.8 Å². The maximum absolute atomic E-state index is 12.1. The van der Waals surface area contributed by atoms with E-state index in [-0.39, 0.29) is 22.4 Å². The van der Waals surface area contributed by atoms with Crippen molar-refractivity contribution in [3.8, 4) is 0 Å². The fraction of sp³-hybridized carbons (Fsp3) is 0.400. The summed E-state index contributed by atoms with van der Waals surface area (Å²) < 4.78 is 2.01. The number of thioether (sulfide) groups is 1. The van der Waals surface area contributed by atoms with Crippen LogP contribution in [0.5, 0.6) is 0 Å². The van der Waals surface area contributed by atoms with E-state index in [1.807, 2.05) is 11.5 Å². The van der Waals surface area contributed by atoms with Crippen LogP contribution in [0.25, 0.3) is 0 Å². The van der Waals surface area contributed by atoms with Gasteiger partial charge in [-0.1, -0.05) is 37.2 Å². The molecule has 134 valence electrons. The molecule has 2 rings (SSSR count). The van der Waals surface area contributed by atoms with Crippen molar-refractivity contribution in [2.75, 3.05) is 11.1 Å². The zero-order chi connectivity index (χ0) is 18.4. The van der Waals surface area contributed by atoms with Gasteiger partial charge in [0.05, 0.1) is 10.7 Å². The lowest BCUT2D eigenvalue weighted by molar-refractivity contribution is -0.384. The molecule has 0 atom stereocenters. The molecule has 8 nitrogen and oxygen atoms in total. The SMILES string of the molecule is CCCn1c(CC)nnc1SCC(=O)Nc1ccc(Cl)c([N+](=O)[O-])c1. The van der Waals surface area contributed by atoms with Gasteiger partial charge in [-0.2, -0.15) is 0 Å². The molecule has 0 aliphatic carbocycles. The molecule has 0 saturated carbocycles. The smallest absolute Gasteiger partial charge is 0.289 e. The van der Waals surface area contributed by atoms with Crippen LogP contribution in [0, 0.1) is 10.1 Å². The maximum Gasteiger partial charge on any atom is 0.289 e. The van der Waals surface area contributed by atoms with Gasteiger partial charge in [-0.25, -0.2) is 0 Å². The Hall–Kier alpha value is -2.13. The van der Waals surface area contributed by atoms with Crippen molar-refractivity contribution in [3.63, 3.8) is 0 Å². The highest BCUT2D eigenvalue weighted by atomic mass is 35.5. The summed E-state index contributed by atoms with van der Waals surface area (Å²) in [6, 6.07) is 4.14. The molecule has 0 aliphatic rings. The predicted octanol–water partition coefficient (Wildman–Crippen LogP) is 3.54. The number of hydrogen-bond donors (Lipinski definition) is 1. The normalized spacial score (nSPS) is 10.7. The minimum atomic E-state index is -0.591. The highest BCUT2D eigenvalue weighted by Crippen LogP contribution is 2.27. The van der Waals surface area contributed by atoms with Crippen molar-refractivity contribution >= 4 is 40.6 Å². The average Bonchev–Trinajstić information content (AvgIpc) is 2.97. The summed E-state index contributed by atoms with van der Waals surface area (Å²) >= 11 is 7.04. The van der Waals surface area contributed by atoms with Gasteiger partial charge in [0.25, 0.3) is 5.69 Å². The van der Waals surface area contributed by atoms with Crippen LogP contribution in [0.3, 0.4) is 0 Å². The van der Waals surface area contributed by atoms with Crippen molar-refractivity contribution in [1.82, 2.24) is 14.8 Å². The third-order valence-corrected chi connectivity index (χ3v) is 4.60. The van der Waals surface area contributed by atoms with Gasteiger partial charge in [0.15, 0.2) is 5.16 Å². The minimum absolute atomic E-state index is 0.0251. The molecule has 1 N–H and O–H groups in total. The fourth-order valence-electron chi connectivity index (χ4n) is 2.19. The second kappa shape index (κ2) is 8.82. The Morgan fingerprint density at radius 3 is 2.80 bits per heavy atom. The first-order valence-corrected chi connectivity index (χ1v) is 9.11. The van der Waals surface area contributed by atoms with E-state index in [0.29, 0.717) is 10.8 Å². The third-order valence-electron chi connectivity index (χ3n) is 3.32. The van der Waals surface area contributed by atoms with E-state index in [0.717, 1.165) is 25.2 Å². The molecule has 25 heavy (non-hydrogen) atoms. The van der Waals surface area contributed by atoms with E-state index in [9.17, 15) is 14.9 Å². The third kappa shape index (κ3) is 4.93. The fourth-order valence-corrected chi connectivity index (χ4v) is 3.16. The lowest BCUT2D eigenvalue weighted by Crippen LogP contribution is -2.15. The van der Waals surface area contributed by atoms with E-state index in [4.69, 9.17) is 11.6 Å². The molecule has 10 heteroatoms. The van der Waals surface area contributed by atoms with Gasteiger partial charge in [-0.05, 0) is 18.6 Å². The van der Waals surface area contributed by atoms with Crippen LogP contribution in [0.15, 0.2) is 23.4 Å². The van der Waals surface area contributed by atoms with Crippen molar-refractivity contribution < 1.29 is 9.72 Å². The molecular formula is C15H18ClN5O3S. The zero-order valence-electron chi connectivity index (χ0n) is 13.9. The monoisotopic (exact) mass is 383 g/mol. The van der Waals surface area contributed by atoms with E-state index in [2.05, 4.69) is 22.4 Å². The number of hydrogen-bond acceptors (Lipinski definition) is 6. The van der Waals surface area contributed by atoms with Crippen LogP contribution in [0.2, 0.25) is 5.02 Å². The molecule has 0 saturated heterocycles. The van der Waals surface area contributed by atoms with Gasteiger partial charge >= 0.3 is 0 Å². The Labute approximate surface area is 154 Å². The van der Waals surface area contributed by atoms with Crippen LogP contribution in [-0.4, -0.2) is 31.3 Å². The van der Waals surface area contributed by atoms with E-state index in [1.54, 1.807) is 0 Å². The van der Waals surface area contributed by atoms with Crippen LogP contribution < -0.4 is 5.32 Å². The molecule has 0 unspecified atom stereocenters. The Morgan fingerprint density at radius 2 is 2.16 bits per heavy atom. The quantitative estimate of drug-likeness (QED) is 0.424. The van der Waals surface area contributed by atoms with E-state index >= 15 is 0 Å². The van der Waals surface area contributed by atoms with Gasteiger partial charge in [-0.15, -0.1) is 10.2 Å². The summed E-state index contributed by atoms with van der Waals surface area (Å²) in [7, 11) is 0. The zero-order valence-corrected chi connectivity index (χ0v) is 15.4. The molecule has 1 amide bonds. The Bertz CT molecular complexity index is 781. The first-order chi connectivity index (χ1) is 12.0. The number of halogens is 1. The summed E-state index contributed by atoms with van der Waals surface area (Å²) in [5.41, 5.74) is 0.0772. The number of nitrogens with zero attached hydrogens (tertiary/aromatic N) is 4. The van der Waals surface area contributed by atoms with Crippen LogP contribution in [0.1, 0.15) is 26.1 Å². The molecule has 0 radical (unpaired) electrons. The number of anilines is 1. The first kappa shape index (κ1) is 19.2. The summed E-state index contributed by atoms with van der Waals surface area (Å²) in [5.74, 6) is 0.728. The Balaban J connectivity index is 2.01. The predicted molar refractivity (Wildman–Crippen MR) is 97.2 cm³/mol. The van der Waals surface area contributed by atoms with Crippen LogP contribution >= 0.6 is 23.4 Å². The standard InChI is InChI=1S/C15H18ClN5O3S/c1-3-7-20-13(4-2)18-19-15(20)25-9-14(22)17-10-5-6-11(16)12(8-10)21(23)24/h5-6,8H,3-4,7,9H2,1-2H3,(H,17,22). The average molecular weight is 384 g/mol. The Kier molecular flexibility index (Phi) is 6.77. The van der Waals surface area contributed by atoms with E-state index < -0.39 is 4.92 Å². The summed E-state index contributed by atoms with van der Waals surface area (Å²) in [4.78, 5) is 22.4. The largest absolute Gasteiger partial charge is 0.325 e. The molecular weight excluding hydrogens is 366 g/mol. The van der Waals surface area contributed by atoms with Gasteiger partial charge in [-0.3, -0.25) is 14.9 Å². The number of rotatable bonds is 8. The molecule has 0 aliphatic heterocycles. The topological polar surface area (TPSA) is 103 Å². The van der Waals surface area contributed by atoms with Crippen molar-refractivity contribution in [1.29, 1.82) is 0 Å². The van der Waals surface area contributed by atoms with E-state index in [1.165, 1.54) is 30.0 Å². The van der Waals surface area contributed by atoms with Crippen molar-refractivity contribution in [2.45, 2.75) is 38.4 Å². The number of nitro benzene ring substituents is 1. The number of carbonyl (C=O) groups is 1. The number of aromatic nitrogens is 3. The number of benzene rings is 1. The van der Waals surface area contributed by atoms with Crippen LogP contribution in [0.4, 0.5) is 11.4 Å². The van der Waals surface area contributed by atoms with Crippen molar-refractivity contribution in [3.05, 3.63) is 39.2 Å². The second-order valence-corrected chi connectivity index (χ2v) is 6.51. The molecule has 1 aromatic carbocycles. The summed E-state index contributed by atoms with van der Waals surface area (Å²) in [6.45, 7) is 4.86. The minimum Gasteiger partial charge on any atom is -0.325 e. The summed E-state index contributed by atoms with van der Waals surface area (Å²) in [6.07, 6.45) is 1.72. The lowest BCUT2D eigenvalue weighted by Gasteiger charge is -2.08. The van der Waals surface area contributed by atoms with Gasteiger partial charge < -0.3 is 9.88 Å². The lowest BCUT2D eigenvalue weighted by atomic mass is 10.3. The molecule has 0 bridgehead atoms. The highest BCUT2D eigenvalue weighted by Gasteiger charge is 2.15. The maximum atomic E-state index is 12.1. The molecule has 0 spiro atoms. The van der Waals surface area contributed by atoms with Gasteiger partial charge in [0.2, 0.25) is 5.91 Å². The van der Waals surface area contributed by atoms with Gasteiger partial charge in [0, 0.05) is 24.7 Å². The molecule has 1 heterocycles. The first-order valence-electron chi connectivity index (χ1n) is 7.74. The molecule has 2 aromatic rings. The Morgan fingerprint density at radius 1 is 1.40 bits per heavy atom. The summed E-state index contributed by atoms with van der Waals surface area (Å²) in [5, 5.41) is 22.5. The number of nitro groups is 1. The number of nitrogens with one attached hydrogen (secondary N) is 1. The molecule has 1 aromatic heterocycles. The molecule has 0 fully saturated rings. The van der Waals surface area contributed by atoms with Crippen LogP contribution in [-0.2, 0) is 17.8 Å². The number of aryl methyl sites for hydroxylation is 1. The highest BCUT2D eigenvalue weighted by molar-refractivity contribution is 7.99. The van der Waals surface area contributed by atoms with Crippen molar-refractivity contribution in [2.24, 2.45) is 0 Å².